The molecule has 0 radical (unpaired) electrons. The lowest BCUT2D eigenvalue weighted by Gasteiger charge is -2.17. The smallest absolute Gasteiger partial charge is 0.251 e. The number of likely N-dealkylation sites (tertiary alicyclic amines) is 1. The lowest BCUT2D eigenvalue weighted by molar-refractivity contribution is 0.0954. The van der Waals surface area contributed by atoms with Crippen molar-refractivity contribution in [3.8, 4) is 28.2 Å². The minimum atomic E-state index is -0.232. The van der Waals surface area contributed by atoms with Gasteiger partial charge in [0.15, 0.2) is 11.4 Å². The molecule has 3 aromatic rings. The first-order chi connectivity index (χ1) is 21.4. The number of carbonyl (C=O) groups is 1. The Hall–Kier alpha value is -5.64. The molecule has 1 aliphatic carbocycles. The Labute approximate surface area is 253 Å². The molecule has 0 spiro atoms. The Kier molecular flexibility index (Phi) is 7.96. The predicted octanol–water partition coefficient (Wildman–Crippen LogP) is 4.60. The summed E-state index contributed by atoms with van der Waals surface area (Å²) in [6.07, 6.45) is 2.79. The lowest BCUT2D eigenvalue weighted by Crippen LogP contribution is -2.36. The molecule has 2 heterocycles. The fourth-order valence-corrected chi connectivity index (χ4v) is 5.49. The van der Waals surface area contributed by atoms with Crippen molar-refractivity contribution < 1.29 is 14.3 Å². The molecule has 222 valence electrons. The number of aromatic hydroxyl groups is 1. The van der Waals surface area contributed by atoms with Gasteiger partial charge in [0.25, 0.3) is 5.91 Å². The largest absolute Gasteiger partial charge is 0.508 e. The monoisotopic (exact) mass is 588 g/mol. The molecule has 1 amide bonds. The maximum atomic E-state index is 13.5. The van der Waals surface area contributed by atoms with Gasteiger partial charge in [-0.05, 0) is 72.9 Å². The number of phenolic OH excluding ortho intramolecular Hbond substituents is 1. The summed E-state index contributed by atoms with van der Waals surface area (Å²) in [6, 6.07) is 24.3. The van der Waals surface area contributed by atoms with Crippen LogP contribution in [-0.2, 0) is 6.42 Å². The van der Waals surface area contributed by atoms with Gasteiger partial charge in [0.1, 0.15) is 17.1 Å². The standard InChI is InChI=1S/C34H32N6O4/c35-33(39-34(36)40-17-3-4-18-40)38-22-9-7-21(8-10-22)15-16-37-32(43)26-6-2-1-5-25(26)31-27-13-11-23(41)19-29(27)44-30-20-24(42)12-14-28(30)31/h1-2,5-14,19-20,41H,3-4,15-18H2,(H,37,43)(H4,35,36,38,39). The van der Waals surface area contributed by atoms with Gasteiger partial charge in [0.05, 0.1) is 5.69 Å². The van der Waals surface area contributed by atoms with E-state index in [-0.39, 0.29) is 23.0 Å². The summed E-state index contributed by atoms with van der Waals surface area (Å²) >= 11 is 0. The van der Waals surface area contributed by atoms with E-state index in [1.54, 1.807) is 24.3 Å². The third kappa shape index (κ3) is 6.10. The van der Waals surface area contributed by atoms with Crippen molar-refractivity contribution in [3.63, 3.8) is 0 Å². The first-order valence-corrected chi connectivity index (χ1v) is 14.4. The molecule has 0 bridgehead atoms. The van der Waals surface area contributed by atoms with Crippen LogP contribution >= 0.6 is 0 Å². The van der Waals surface area contributed by atoms with Gasteiger partial charge in [0.2, 0.25) is 5.96 Å². The summed E-state index contributed by atoms with van der Waals surface area (Å²) < 4.78 is 5.96. The van der Waals surface area contributed by atoms with Crippen LogP contribution in [0.4, 0.5) is 5.69 Å². The Morgan fingerprint density at radius 1 is 0.932 bits per heavy atom. The zero-order chi connectivity index (χ0) is 30.6. The van der Waals surface area contributed by atoms with Crippen molar-refractivity contribution in [2.45, 2.75) is 19.3 Å². The first kappa shape index (κ1) is 28.5. The predicted molar refractivity (Wildman–Crippen MR) is 172 cm³/mol. The van der Waals surface area contributed by atoms with E-state index in [0.29, 0.717) is 58.0 Å². The summed E-state index contributed by atoms with van der Waals surface area (Å²) in [5.74, 6) is 0.666. The zero-order valence-electron chi connectivity index (χ0n) is 24.0. The number of nitrogens with zero attached hydrogens (tertiary/aromatic N) is 3. The van der Waals surface area contributed by atoms with E-state index in [4.69, 9.17) is 15.9 Å². The van der Waals surface area contributed by atoms with Gasteiger partial charge in [0, 0.05) is 53.8 Å². The highest BCUT2D eigenvalue weighted by Crippen LogP contribution is 2.41. The second-order valence-electron chi connectivity index (χ2n) is 10.7. The molecule has 0 saturated carbocycles. The van der Waals surface area contributed by atoms with Crippen LogP contribution in [0, 0.1) is 0 Å². The molecule has 0 atom stereocenters. The molecule has 6 rings (SSSR count). The summed E-state index contributed by atoms with van der Waals surface area (Å²) in [5.41, 5.74) is 16.5. The van der Waals surface area contributed by atoms with Gasteiger partial charge in [-0.25, -0.2) is 4.99 Å². The van der Waals surface area contributed by atoms with Gasteiger partial charge in [-0.15, -0.1) is 0 Å². The fraction of sp³-hybridized carbons (Fsp3) is 0.176. The van der Waals surface area contributed by atoms with Gasteiger partial charge >= 0.3 is 0 Å². The van der Waals surface area contributed by atoms with Crippen LogP contribution in [0.25, 0.3) is 33.4 Å². The van der Waals surface area contributed by atoms with Crippen LogP contribution < -0.4 is 22.2 Å². The van der Waals surface area contributed by atoms with E-state index in [2.05, 4.69) is 15.3 Å². The molecule has 3 aromatic carbocycles. The second-order valence-corrected chi connectivity index (χ2v) is 10.7. The summed E-state index contributed by atoms with van der Waals surface area (Å²) in [6.45, 7) is 2.17. The highest BCUT2D eigenvalue weighted by Gasteiger charge is 2.22. The minimum absolute atomic E-state index is 0.0369. The topological polar surface area (TPSA) is 160 Å². The van der Waals surface area contributed by atoms with E-state index in [1.807, 2.05) is 47.4 Å². The number of nitrogens with two attached hydrogens (primary N) is 2. The molecular formula is C34H32N6O4. The number of fused-ring (bicyclic) bond motifs is 2. The number of guanidine groups is 2. The lowest BCUT2D eigenvalue weighted by atomic mass is 9.90. The summed E-state index contributed by atoms with van der Waals surface area (Å²) in [5, 5.41) is 13.8. The maximum Gasteiger partial charge on any atom is 0.251 e. The molecule has 44 heavy (non-hydrogen) atoms. The van der Waals surface area contributed by atoms with Gasteiger partial charge in [-0.1, -0.05) is 30.3 Å². The quantitative estimate of drug-likeness (QED) is 0.128. The van der Waals surface area contributed by atoms with Crippen molar-refractivity contribution in [3.05, 3.63) is 106 Å². The summed E-state index contributed by atoms with van der Waals surface area (Å²) in [7, 11) is 0. The minimum Gasteiger partial charge on any atom is -0.508 e. The van der Waals surface area contributed by atoms with E-state index in [0.717, 1.165) is 37.1 Å². The number of carbonyl (C=O) groups excluding carboxylic acids is 1. The number of aliphatic imine (C=N–C) groups is 2. The Morgan fingerprint density at radius 3 is 2.50 bits per heavy atom. The fourth-order valence-electron chi connectivity index (χ4n) is 5.49. The van der Waals surface area contributed by atoms with Crippen LogP contribution in [0.2, 0.25) is 0 Å². The first-order valence-electron chi connectivity index (χ1n) is 14.4. The molecule has 1 fully saturated rings. The Morgan fingerprint density at radius 2 is 1.70 bits per heavy atom. The van der Waals surface area contributed by atoms with E-state index >= 15 is 0 Å². The summed E-state index contributed by atoms with van der Waals surface area (Å²) in [4.78, 5) is 36.1. The zero-order valence-corrected chi connectivity index (χ0v) is 24.0. The van der Waals surface area contributed by atoms with Crippen molar-refractivity contribution in [2.75, 3.05) is 19.6 Å². The number of hydrogen-bond acceptors (Lipinski definition) is 5. The van der Waals surface area contributed by atoms with Crippen LogP contribution in [0.15, 0.2) is 104 Å². The third-order valence-corrected chi connectivity index (χ3v) is 7.66. The van der Waals surface area contributed by atoms with Gasteiger partial charge in [-0.3, -0.25) is 9.59 Å². The molecule has 10 nitrogen and oxygen atoms in total. The van der Waals surface area contributed by atoms with Crippen LogP contribution in [0.5, 0.6) is 5.75 Å². The molecule has 3 aliphatic rings. The Bertz CT molecular complexity index is 1920. The van der Waals surface area contributed by atoms with Crippen LogP contribution in [-0.4, -0.2) is 47.5 Å². The van der Waals surface area contributed by atoms with Crippen molar-refractivity contribution >= 4 is 34.5 Å². The molecule has 0 unspecified atom stereocenters. The van der Waals surface area contributed by atoms with Gasteiger partial charge < -0.3 is 31.2 Å². The van der Waals surface area contributed by atoms with Crippen LogP contribution in [0.3, 0.4) is 0 Å². The Balaban J connectivity index is 1.18. The number of amides is 1. The number of rotatable bonds is 6. The molecular weight excluding hydrogens is 556 g/mol. The van der Waals surface area contributed by atoms with Crippen LogP contribution in [0.1, 0.15) is 28.8 Å². The highest BCUT2D eigenvalue weighted by atomic mass is 16.3. The molecule has 1 saturated heterocycles. The number of hydrogen-bond donors (Lipinski definition) is 4. The number of phenols is 1. The van der Waals surface area contributed by atoms with E-state index < -0.39 is 0 Å². The van der Waals surface area contributed by atoms with Crippen molar-refractivity contribution in [1.82, 2.24) is 10.2 Å². The van der Waals surface area contributed by atoms with Gasteiger partial charge in [-0.2, -0.15) is 4.99 Å². The van der Waals surface area contributed by atoms with Crippen molar-refractivity contribution in [2.24, 2.45) is 21.5 Å². The average molecular weight is 589 g/mol. The number of benzene rings is 4. The highest BCUT2D eigenvalue weighted by molar-refractivity contribution is 6.09. The molecule has 6 N–H and O–H groups in total. The normalized spacial score (nSPS) is 14.0. The maximum absolute atomic E-state index is 13.5. The van der Waals surface area contributed by atoms with Crippen molar-refractivity contribution in [1.29, 1.82) is 0 Å². The second kappa shape index (κ2) is 12.3. The SMILES string of the molecule is NC(=Nc1ccc(CCNC(=O)c2ccccc2-c2c3ccc(=O)cc-3oc3cc(O)ccc23)cc1)N=C(N)N1CCCC1. The molecule has 10 heteroatoms. The van der Waals surface area contributed by atoms with E-state index in [1.165, 1.54) is 18.2 Å². The number of nitrogens with one attached hydrogen (secondary N) is 1. The van der Waals surface area contributed by atoms with E-state index in [9.17, 15) is 14.7 Å². The third-order valence-electron chi connectivity index (χ3n) is 7.66. The molecule has 0 aromatic heterocycles. The molecule has 2 aliphatic heterocycles. The average Bonchev–Trinajstić information content (AvgIpc) is 3.56.